The number of rotatable bonds is 6. The Hall–Kier alpha value is -2.89. The molecule has 1 aliphatic rings. The molecule has 1 N–H and O–H groups in total. The van der Waals surface area contributed by atoms with Crippen LogP contribution in [0.3, 0.4) is 0 Å². The van der Waals surface area contributed by atoms with Crippen molar-refractivity contribution in [2.45, 2.75) is 13.3 Å². The summed E-state index contributed by atoms with van der Waals surface area (Å²) in [6.07, 6.45) is 0.397. The minimum atomic E-state index is -0.225. The minimum absolute atomic E-state index is 0.0336. The van der Waals surface area contributed by atoms with Gasteiger partial charge in [0, 0.05) is 50.4 Å². The summed E-state index contributed by atoms with van der Waals surface area (Å²) < 4.78 is 13.9. The predicted octanol–water partition coefficient (Wildman–Crippen LogP) is 3.18. The van der Waals surface area contributed by atoms with Crippen molar-refractivity contribution < 1.29 is 14.0 Å². The molecule has 142 valence electrons. The van der Waals surface area contributed by atoms with Gasteiger partial charge in [0.1, 0.15) is 5.82 Å². The van der Waals surface area contributed by atoms with E-state index in [0.29, 0.717) is 50.4 Å². The molecular weight excluding hydrogens is 345 g/mol. The van der Waals surface area contributed by atoms with Gasteiger partial charge in [-0.15, -0.1) is 0 Å². The van der Waals surface area contributed by atoms with Crippen LogP contribution in [0.15, 0.2) is 48.5 Å². The largest absolute Gasteiger partial charge is 0.385 e. The Bertz CT molecular complexity index is 799. The van der Waals surface area contributed by atoms with Crippen LogP contribution in [-0.4, -0.2) is 49.3 Å². The Balaban J connectivity index is 1.43. The second-order valence-electron chi connectivity index (χ2n) is 6.63. The third kappa shape index (κ3) is 4.84. The fourth-order valence-corrected chi connectivity index (χ4v) is 3.20. The van der Waals surface area contributed by atoms with Crippen molar-refractivity contribution in [2.75, 3.05) is 42.9 Å². The van der Waals surface area contributed by atoms with Crippen LogP contribution in [0.2, 0.25) is 0 Å². The number of amides is 1. The van der Waals surface area contributed by atoms with E-state index in [-0.39, 0.29) is 17.5 Å². The van der Waals surface area contributed by atoms with E-state index in [1.807, 2.05) is 28.0 Å². The zero-order valence-electron chi connectivity index (χ0n) is 15.5. The second-order valence-corrected chi connectivity index (χ2v) is 6.63. The molecule has 0 aliphatic carbocycles. The lowest BCUT2D eigenvalue weighted by Gasteiger charge is -2.36. The maximum Gasteiger partial charge on any atom is 0.224 e. The third-order valence-corrected chi connectivity index (χ3v) is 4.78. The number of ketones is 1. The summed E-state index contributed by atoms with van der Waals surface area (Å²) in [7, 11) is 0. The van der Waals surface area contributed by atoms with Gasteiger partial charge in [0.15, 0.2) is 5.78 Å². The van der Waals surface area contributed by atoms with E-state index in [0.717, 1.165) is 5.69 Å². The number of nitrogens with zero attached hydrogens (tertiary/aromatic N) is 2. The van der Waals surface area contributed by atoms with Gasteiger partial charge in [0.05, 0.1) is 5.69 Å². The normalized spacial score (nSPS) is 14.1. The highest BCUT2D eigenvalue weighted by Gasteiger charge is 2.22. The van der Waals surface area contributed by atoms with Crippen LogP contribution >= 0.6 is 0 Å². The number of para-hydroxylation sites is 1. The summed E-state index contributed by atoms with van der Waals surface area (Å²) in [5, 5.41) is 3.20. The fraction of sp³-hybridized carbons (Fsp3) is 0.333. The van der Waals surface area contributed by atoms with Gasteiger partial charge in [-0.3, -0.25) is 9.59 Å². The molecule has 1 amide bonds. The lowest BCUT2D eigenvalue weighted by molar-refractivity contribution is -0.131. The van der Waals surface area contributed by atoms with Gasteiger partial charge >= 0.3 is 0 Å². The first-order valence-corrected chi connectivity index (χ1v) is 9.17. The molecule has 0 unspecified atom stereocenters. The van der Waals surface area contributed by atoms with Crippen LogP contribution in [-0.2, 0) is 4.79 Å². The highest BCUT2D eigenvalue weighted by Crippen LogP contribution is 2.20. The van der Waals surface area contributed by atoms with Crippen LogP contribution in [0.5, 0.6) is 0 Å². The van der Waals surface area contributed by atoms with Gasteiger partial charge in [0.25, 0.3) is 0 Å². The van der Waals surface area contributed by atoms with E-state index in [4.69, 9.17) is 0 Å². The number of hydrogen-bond donors (Lipinski definition) is 1. The summed E-state index contributed by atoms with van der Waals surface area (Å²) in [5.41, 5.74) is 2.15. The molecule has 1 saturated heterocycles. The van der Waals surface area contributed by atoms with Crippen LogP contribution in [0.4, 0.5) is 15.8 Å². The molecule has 0 bridgehead atoms. The zero-order valence-corrected chi connectivity index (χ0v) is 15.5. The van der Waals surface area contributed by atoms with Crippen LogP contribution < -0.4 is 10.2 Å². The second kappa shape index (κ2) is 8.66. The molecule has 0 atom stereocenters. The van der Waals surface area contributed by atoms with Crippen molar-refractivity contribution in [2.24, 2.45) is 0 Å². The first-order chi connectivity index (χ1) is 13.0. The number of carbonyl (C=O) groups excluding carboxylic acids is 2. The number of halogens is 1. The molecule has 1 aliphatic heterocycles. The maximum absolute atomic E-state index is 13.9. The molecular formula is C21H24FN3O2. The summed E-state index contributed by atoms with van der Waals surface area (Å²) in [6.45, 7) is 4.53. The Morgan fingerprint density at radius 1 is 1.00 bits per heavy atom. The molecule has 1 fully saturated rings. The van der Waals surface area contributed by atoms with Crippen molar-refractivity contribution in [3.63, 3.8) is 0 Å². The van der Waals surface area contributed by atoms with Gasteiger partial charge in [-0.05, 0) is 43.3 Å². The molecule has 1 heterocycles. The number of hydrogen-bond acceptors (Lipinski definition) is 4. The number of anilines is 2. The molecule has 2 aromatic carbocycles. The molecule has 2 aromatic rings. The summed E-state index contributed by atoms with van der Waals surface area (Å²) in [5.74, 6) is -0.0976. The Morgan fingerprint density at radius 2 is 1.67 bits per heavy atom. The summed E-state index contributed by atoms with van der Waals surface area (Å²) >= 11 is 0. The van der Waals surface area contributed by atoms with E-state index in [1.54, 1.807) is 24.3 Å². The lowest BCUT2D eigenvalue weighted by atomic mass is 10.1. The molecule has 0 radical (unpaired) electrons. The average molecular weight is 369 g/mol. The third-order valence-electron chi connectivity index (χ3n) is 4.78. The standard InChI is InChI=1S/C21H24FN3O2/c1-16(26)17-6-8-18(9-7-17)23-11-10-21(27)25-14-12-24(13-15-25)20-5-3-2-4-19(20)22/h2-9,23H,10-15H2,1H3. The monoisotopic (exact) mass is 369 g/mol. The van der Waals surface area contributed by atoms with Crippen molar-refractivity contribution in [1.82, 2.24) is 4.90 Å². The predicted molar refractivity (Wildman–Crippen MR) is 105 cm³/mol. The zero-order chi connectivity index (χ0) is 19.2. The Morgan fingerprint density at radius 3 is 2.30 bits per heavy atom. The average Bonchev–Trinajstić information content (AvgIpc) is 2.69. The molecule has 0 spiro atoms. The van der Waals surface area contributed by atoms with Crippen molar-refractivity contribution in [3.8, 4) is 0 Å². The van der Waals surface area contributed by atoms with E-state index < -0.39 is 0 Å². The van der Waals surface area contributed by atoms with Gasteiger partial charge in [-0.25, -0.2) is 4.39 Å². The van der Waals surface area contributed by atoms with Crippen molar-refractivity contribution in [3.05, 3.63) is 59.9 Å². The molecule has 27 heavy (non-hydrogen) atoms. The SMILES string of the molecule is CC(=O)c1ccc(NCCC(=O)N2CCN(c3ccccc3F)CC2)cc1. The molecule has 5 nitrogen and oxygen atoms in total. The van der Waals surface area contributed by atoms with Gasteiger partial charge in [-0.2, -0.15) is 0 Å². The Labute approximate surface area is 158 Å². The van der Waals surface area contributed by atoms with E-state index >= 15 is 0 Å². The minimum Gasteiger partial charge on any atom is -0.385 e. The fourth-order valence-electron chi connectivity index (χ4n) is 3.20. The quantitative estimate of drug-likeness (QED) is 0.795. The van der Waals surface area contributed by atoms with Crippen LogP contribution in [0, 0.1) is 5.82 Å². The number of carbonyl (C=O) groups is 2. The van der Waals surface area contributed by atoms with Gasteiger partial charge < -0.3 is 15.1 Å². The van der Waals surface area contributed by atoms with E-state index in [1.165, 1.54) is 13.0 Å². The number of Topliss-reactive ketones (excluding diaryl/α,β-unsaturated/α-hetero) is 1. The number of nitrogens with one attached hydrogen (secondary N) is 1. The van der Waals surface area contributed by atoms with Crippen molar-refractivity contribution >= 4 is 23.1 Å². The van der Waals surface area contributed by atoms with Crippen LogP contribution in [0.1, 0.15) is 23.7 Å². The molecule has 0 saturated carbocycles. The maximum atomic E-state index is 13.9. The van der Waals surface area contributed by atoms with Crippen LogP contribution in [0.25, 0.3) is 0 Å². The lowest BCUT2D eigenvalue weighted by Crippen LogP contribution is -2.49. The topological polar surface area (TPSA) is 52.7 Å². The smallest absolute Gasteiger partial charge is 0.224 e. The van der Waals surface area contributed by atoms with Crippen molar-refractivity contribution in [1.29, 1.82) is 0 Å². The highest BCUT2D eigenvalue weighted by atomic mass is 19.1. The van der Waals surface area contributed by atoms with Gasteiger partial charge in [0.2, 0.25) is 5.91 Å². The summed E-state index contributed by atoms with van der Waals surface area (Å²) in [6, 6.07) is 14.0. The van der Waals surface area contributed by atoms with E-state index in [9.17, 15) is 14.0 Å². The summed E-state index contributed by atoms with van der Waals surface area (Å²) in [4.78, 5) is 27.5. The highest BCUT2D eigenvalue weighted by molar-refractivity contribution is 5.94. The number of benzene rings is 2. The first-order valence-electron chi connectivity index (χ1n) is 9.17. The Kier molecular flexibility index (Phi) is 6.06. The molecule has 3 rings (SSSR count). The first kappa shape index (κ1) is 18.9. The van der Waals surface area contributed by atoms with E-state index in [2.05, 4.69) is 5.32 Å². The van der Waals surface area contributed by atoms with Gasteiger partial charge in [-0.1, -0.05) is 12.1 Å². The molecule has 0 aromatic heterocycles. The molecule has 6 heteroatoms. The number of piperazine rings is 1.